The molecule has 1 heterocycles. The largest absolute Gasteiger partial charge is 0.329 e. The van der Waals surface area contributed by atoms with Gasteiger partial charge in [0.15, 0.2) is 0 Å². The first-order valence-electron chi connectivity index (χ1n) is 6.33. The van der Waals surface area contributed by atoms with Crippen LogP contribution in [0.15, 0.2) is 27.9 Å². The Morgan fingerprint density at radius 1 is 1.40 bits per heavy atom. The van der Waals surface area contributed by atoms with E-state index >= 15 is 0 Å². The molecule has 2 rings (SSSR count). The maximum Gasteiger partial charge on any atom is 0.308 e. The van der Waals surface area contributed by atoms with Gasteiger partial charge < -0.3 is 5.73 Å². The number of sulfonamides is 1. The summed E-state index contributed by atoms with van der Waals surface area (Å²) in [6.45, 7) is 2.95. The first kappa shape index (κ1) is 15.2. The number of aromatic nitrogens is 1. The molecule has 8 heteroatoms. The maximum atomic E-state index is 12.2. The van der Waals surface area contributed by atoms with Gasteiger partial charge in [-0.2, -0.15) is 0 Å². The highest BCUT2D eigenvalue weighted by Gasteiger charge is 2.20. The fraction of sp³-hybridized carbons (Fsp3) is 0.417. The minimum absolute atomic E-state index is 0.136. The Labute approximate surface area is 121 Å². The van der Waals surface area contributed by atoms with Crippen LogP contribution in [0, 0.1) is 0 Å². The van der Waals surface area contributed by atoms with Crippen LogP contribution in [-0.4, -0.2) is 26.1 Å². The second kappa shape index (κ2) is 6.04. The quantitative estimate of drug-likeness (QED) is 0.821. The second-order valence-corrected chi connectivity index (χ2v) is 7.01. The molecule has 0 aliphatic carbocycles. The summed E-state index contributed by atoms with van der Waals surface area (Å²) in [4.78, 5) is 12.0. The second-order valence-electron chi connectivity index (χ2n) is 4.31. The molecule has 20 heavy (non-hydrogen) atoms. The highest BCUT2D eigenvalue weighted by Crippen LogP contribution is 2.25. The van der Waals surface area contributed by atoms with Crippen molar-refractivity contribution in [1.29, 1.82) is 0 Å². The SMILES string of the molecule is CCCn1c(=O)sc2c(S(=O)(=O)NCCN)cccc21. The number of fused-ring (bicyclic) bond motifs is 1. The van der Waals surface area contributed by atoms with Gasteiger partial charge in [0.1, 0.15) is 4.90 Å². The molecule has 0 saturated carbocycles. The number of nitrogens with one attached hydrogen (secondary N) is 1. The zero-order valence-corrected chi connectivity index (χ0v) is 12.8. The van der Waals surface area contributed by atoms with Crippen molar-refractivity contribution in [3.8, 4) is 0 Å². The third-order valence-corrected chi connectivity index (χ3v) is 5.49. The van der Waals surface area contributed by atoms with Crippen LogP contribution in [0.3, 0.4) is 0 Å². The monoisotopic (exact) mass is 315 g/mol. The van der Waals surface area contributed by atoms with Crippen LogP contribution in [0.5, 0.6) is 0 Å². The van der Waals surface area contributed by atoms with Gasteiger partial charge in [-0.25, -0.2) is 13.1 Å². The van der Waals surface area contributed by atoms with Crippen LogP contribution in [0.2, 0.25) is 0 Å². The predicted octanol–water partition coefficient (Wildman–Crippen LogP) is 0.710. The fourth-order valence-corrected chi connectivity index (χ4v) is 4.51. The van der Waals surface area contributed by atoms with E-state index in [0.29, 0.717) is 16.8 Å². The van der Waals surface area contributed by atoms with Gasteiger partial charge in [-0.15, -0.1) is 0 Å². The molecule has 0 fully saturated rings. The van der Waals surface area contributed by atoms with E-state index in [1.54, 1.807) is 16.7 Å². The van der Waals surface area contributed by atoms with E-state index in [1.165, 1.54) is 6.07 Å². The van der Waals surface area contributed by atoms with E-state index in [2.05, 4.69) is 4.72 Å². The molecule has 0 amide bonds. The number of aryl methyl sites for hydroxylation is 1. The molecule has 0 bridgehead atoms. The number of nitrogens with zero attached hydrogens (tertiary/aromatic N) is 1. The fourth-order valence-electron chi connectivity index (χ4n) is 1.98. The third kappa shape index (κ3) is 2.78. The van der Waals surface area contributed by atoms with Crippen molar-refractivity contribution in [2.24, 2.45) is 5.73 Å². The van der Waals surface area contributed by atoms with Gasteiger partial charge in [0.05, 0.1) is 10.2 Å². The molecule has 2 aromatic rings. The Balaban J connectivity index is 2.62. The van der Waals surface area contributed by atoms with E-state index in [1.807, 2.05) is 6.92 Å². The standard InChI is InChI=1S/C12H17N3O3S2/c1-2-8-15-9-4-3-5-10(11(9)19-12(15)16)20(17,18)14-7-6-13/h3-5,14H,2,6-8,13H2,1H3. The van der Waals surface area contributed by atoms with Crippen molar-refractivity contribution in [3.63, 3.8) is 0 Å². The van der Waals surface area contributed by atoms with Crippen LogP contribution < -0.4 is 15.3 Å². The topological polar surface area (TPSA) is 94.2 Å². The number of nitrogens with two attached hydrogens (primary N) is 1. The van der Waals surface area contributed by atoms with E-state index in [9.17, 15) is 13.2 Å². The van der Waals surface area contributed by atoms with Crippen LogP contribution in [0.1, 0.15) is 13.3 Å². The van der Waals surface area contributed by atoms with Gasteiger partial charge in [-0.3, -0.25) is 9.36 Å². The molecule has 0 saturated heterocycles. The van der Waals surface area contributed by atoms with Crippen molar-refractivity contribution in [3.05, 3.63) is 27.9 Å². The van der Waals surface area contributed by atoms with Gasteiger partial charge in [0, 0.05) is 19.6 Å². The smallest absolute Gasteiger partial charge is 0.308 e. The maximum absolute atomic E-state index is 12.2. The molecule has 0 spiro atoms. The average Bonchev–Trinajstić information content (AvgIpc) is 2.73. The third-order valence-electron chi connectivity index (χ3n) is 2.83. The number of hydrogen-bond donors (Lipinski definition) is 2. The lowest BCUT2D eigenvalue weighted by atomic mass is 10.3. The molecule has 0 radical (unpaired) electrons. The van der Waals surface area contributed by atoms with Crippen molar-refractivity contribution >= 4 is 31.6 Å². The zero-order valence-electron chi connectivity index (χ0n) is 11.1. The molecule has 6 nitrogen and oxygen atoms in total. The molecule has 110 valence electrons. The summed E-state index contributed by atoms with van der Waals surface area (Å²) in [5.41, 5.74) is 5.98. The number of thiazole rings is 1. The van der Waals surface area contributed by atoms with E-state index in [4.69, 9.17) is 5.73 Å². The Kier molecular flexibility index (Phi) is 4.59. The Morgan fingerprint density at radius 3 is 2.80 bits per heavy atom. The summed E-state index contributed by atoms with van der Waals surface area (Å²) in [5.74, 6) is 0. The van der Waals surface area contributed by atoms with Crippen LogP contribution >= 0.6 is 11.3 Å². The lowest BCUT2D eigenvalue weighted by Gasteiger charge is -2.07. The summed E-state index contributed by atoms with van der Waals surface area (Å²) in [6.07, 6.45) is 0.814. The normalized spacial score (nSPS) is 12.1. The van der Waals surface area contributed by atoms with Crippen LogP contribution in [0.4, 0.5) is 0 Å². The van der Waals surface area contributed by atoms with Gasteiger partial charge in [-0.1, -0.05) is 24.3 Å². The minimum Gasteiger partial charge on any atom is -0.329 e. The summed E-state index contributed by atoms with van der Waals surface area (Å²) >= 11 is 0.963. The molecule has 0 aliphatic heterocycles. The predicted molar refractivity (Wildman–Crippen MR) is 80.6 cm³/mol. The first-order chi connectivity index (χ1) is 9.51. The molecule has 0 atom stereocenters. The van der Waals surface area contributed by atoms with Crippen molar-refractivity contribution in [1.82, 2.24) is 9.29 Å². The summed E-state index contributed by atoms with van der Waals surface area (Å²) in [5, 5.41) is 0. The molecule has 3 N–H and O–H groups in total. The number of benzene rings is 1. The highest BCUT2D eigenvalue weighted by molar-refractivity contribution is 7.90. The minimum atomic E-state index is -3.64. The Hall–Kier alpha value is -1.22. The van der Waals surface area contributed by atoms with Crippen molar-refractivity contribution < 1.29 is 8.42 Å². The first-order valence-corrected chi connectivity index (χ1v) is 8.63. The van der Waals surface area contributed by atoms with Crippen LogP contribution in [-0.2, 0) is 16.6 Å². The van der Waals surface area contributed by atoms with Crippen molar-refractivity contribution in [2.75, 3.05) is 13.1 Å². The lowest BCUT2D eigenvalue weighted by molar-refractivity contribution is 0.583. The number of rotatable bonds is 6. The number of hydrogen-bond acceptors (Lipinski definition) is 5. The Morgan fingerprint density at radius 2 is 2.15 bits per heavy atom. The van der Waals surface area contributed by atoms with E-state index < -0.39 is 10.0 Å². The van der Waals surface area contributed by atoms with Gasteiger partial charge in [0.2, 0.25) is 10.0 Å². The molecule has 0 aliphatic rings. The van der Waals surface area contributed by atoms with Gasteiger partial charge >= 0.3 is 4.87 Å². The Bertz CT molecular complexity index is 762. The highest BCUT2D eigenvalue weighted by atomic mass is 32.2. The summed E-state index contributed by atoms with van der Waals surface area (Å²) < 4.78 is 29.0. The molecular weight excluding hydrogens is 298 g/mol. The molecule has 1 aromatic heterocycles. The average molecular weight is 315 g/mol. The lowest BCUT2D eigenvalue weighted by Crippen LogP contribution is -2.29. The summed E-state index contributed by atoms with van der Waals surface area (Å²) in [7, 11) is -3.64. The van der Waals surface area contributed by atoms with Crippen molar-refractivity contribution in [2.45, 2.75) is 24.8 Å². The van der Waals surface area contributed by atoms with E-state index in [-0.39, 0.29) is 22.9 Å². The molecule has 0 unspecified atom stereocenters. The molecule has 1 aromatic carbocycles. The molecular formula is C12H17N3O3S2. The van der Waals surface area contributed by atoms with E-state index in [0.717, 1.165) is 17.8 Å². The zero-order chi connectivity index (χ0) is 14.8. The van der Waals surface area contributed by atoms with Gasteiger partial charge in [-0.05, 0) is 18.6 Å². The summed E-state index contributed by atoms with van der Waals surface area (Å²) in [6, 6.07) is 4.93. The van der Waals surface area contributed by atoms with Gasteiger partial charge in [0.25, 0.3) is 0 Å². The van der Waals surface area contributed by atoms with Crippen LogP contribution in [0.25, 0.3) is 10.2 Å².